The van der Waals surface area contributed by atoms with Crippen molar-refractivity contribution in [3.63, 3.8) is 0 Å². The normalized spacial score (nSPS) is 20.1. The smallest absolute Gasteiger partial charge is 0.258 e. The summed E-state index contributed by atoms with van der Waals surface area (Å²) in [5.74, 6) is 1.65. The number of hydrogen-bond acceptors (Lipinski definition) is 3. The number of nitrogens with zero attached hydrogens (tertiary/aromatic N) is 2. The first-order valence-electron chi connectivity index (χ1n) is 7.96. The van der Waals surface area contributed by atoms with Crippen molar-refractivity contribution in [3.8, 4) is 0 Å². The van der Waals surface area contributed by atoms with Crippen molar-refractivity contribution in [2.45, 2.75) is 51.2 Å². The summed E-state index contributed by atoms with van der Waals surface area (Å²) in [4.78, 5) is 22.3. The zero-order valence-corrected chi connectivity index (χ0v) is 12.4. The highest BCUT2D eigenvalue weighted by Crippen LogP contribution is 2.40. The fourth-order valence-electron chi connectivity index (χ4n) is 3.24. The van der Waals surface area contributed by atoms with Crippen LogP contribution in [0.25, 0.3) is 10.9 Å². The first-order chi connectivity index (χ1) is 10.2. The zero-order chi connectivity index (χ0) is 14.4. The van der Waals surface area contributed by atoms with Gasteiger partial charge in [-0.25, -0.2) is 4.98 Å². The van der Waals surface area contributed by atoms with Gasteiger partial charge < -0.3 is 4.98 Å². The highest BCUT2D eigenvalue weighted by molar-refractivity contribution is 5.77. The number of nitrogens with one attached hydrogen (secondary N) is 1. The average molecular weight is 283 g/mol. The maximum absolute atomic E-state index is 12.2. The van der Waals surface area contributed by atoms with E-state index in [9.17, 15) is 4.79 Å². The van der Waals surface area contributed by atoms with E-state index in [0.29, 0.717) is 17.5 Å². The molecule has 0 saturated heterocycles. The van der Waals surface area contributed by atoms with Crippen molar-refractivity contribution in [1.82, 2.24) is 14.9 Å². The Balaban J connectivity index is 1.64. The second-order valence-electron chi connectivity index (χ2n) is 6.51. The molecular formula is C17H21N3O. The van der Waals surface area contributed by atoms with E-state index >= 15 is 0 Å². The zero-order valence-electron chi connectivity index (χ0n) is 12.4. The summed E-state index contributed by atoms with van der Waals surface area (Å²) in [6.07, 6.45) is 5.28. The number of rotatable bonds is 5. The average Bonchev–Trinajstić information content (AvgIpc) is 3.37. The highest BCUT2D eigenvalue weighted by Gasteiger charge is 2.39. The van der Waals surface area contributed by atoms with Crippen LogP contribution in [-0.4, -0.2) is 27.0 Å². The molecule has 0 bridgehead atoms. The van der Waals surface area contributed by atoms with Gasteiger partial charge in [-0.3, -0.25) is 9.69 Å². The SMILES string of the molecule is CC(C1CC1)N(Cc1nc2ccccc2c(=O)[nH]1)C1CC1. The summed E-state index contributed by atoms with van der Waals surface area (Å²) in [5.41, 5.74) is 0.775. The molecule has 21 heavy (non-hydrogen) atoms. The molecule has 1 unspecified atom stereocenters. The molecule has 1 aromatic heterocycles. The number of para-hydroxylation sites is 1. The Morgan fingerprint density at radius 2 is 2.05 bits per heavy atom. The first-order valence-corrected chi connectivity index (χ1v) is 7.96. The van der Waals surface area contributed by atoms with Gasteiger partial charge in [-0.2, -0.15) is 0 Å². The third-order valence-electron chi connectivity index (χ3n) is 4.84. The van der Waals surface area contributed by atoms with Crippen molar-refractivity contribution >= 4 is 10.9 Å². The van der Waals surface area contributed by atoms with Crippen LogP contribution in [0.3, 0.4) is 0 Å². The van der Waals surface area contributed by atoms with Crippen LogP contribution < -0.4 is 5.56 Å². The Morgan fingerprint density at radius 3 is 2.76 bits per heavy atom. The number of H-pyrrole nitrogens is 1. The Labute approximate surface area is 124 Å². The molecule has 1 atom stereocenters. The van der Waals surface area contributed by atoms with Gasteiger partial charge in [-0.05, 0) is 50.7 Å². The van der Waals surface area contributed by atoms with Crippen LogP contribution in [0.2, 0.25) is 0 Å². The Bertz CT molecular complexity index is 715. The highest BCUT2D eigenvalue weighted by atomic mass is 16.1. The van der Waals surface area contributed by atoms with E-state index in [1.807, 2.05) is 24.3 Å². The van der Waals surface area contributed by atoms with E-state index in [1.54, 1.807) is 0 Å². The van der Waals surface area contributed by atoms with E-state index in [0.717, 1.165) is 23.8 Å². The van der Waals surface area contributed by atoms with Crippen LogP contribution in [0.15, 0.2) is 29.1 Å². The molecule has 1 aromatic carbocycles. The molecule has 4 rings (SSSR count). The van der Waals surface area contributed by atoms with Gasteiger partial charge in [0.2, 0.25) is 0 Å². The van der Waals surface area contributed by atoms with Crippen molar-refractivity contribution < 1.29 is 0 Å². The number of aromatic amines is 1. The second-order valence-corrected chi connectivity index (χ2v) is 6.51. The molecule has 2 aliphatic carbocycles. The van der Waals surface area contributed by atoms with Crippen LogP contribution in [0.1, 0.15) is 38.4 Å². The van der Waals surface area contributed by atoms with Crippen molar-refractivity contribution in [1.29, 1.82) is 0 Å². The molecule has 0 amide bonds. The molecule has 4 heteroatoms. The molecule has 4 nitrogen and oxygen atoms in total. The van der Waals surface area contributed by atoms with Crippen LogP contribution in [0, 0.1) is 5.92 Å². The number of fused-ring (bicyclic) bond motifs is 1. The van der Waals surface area contributed by atoms with Gasteiger partial charge >= 0.3 is 0 Å². The van der Waals surface area contributed by atoms with Crippen molar-refractivity contribution in [2.24, 2.45) is 5.92 Å². The Hall–Kier alpha value is -1.68. The standard InChI is InChI=1S/C17H21N3O/c1-11(12-6-7-12)20(13-8-9-13)10-16-18-15-5-3-2-4-14(15)17(21)19-16/h2-5,11-13H,6-10H2,1H3,(H,18,19,21). The minimum absolute atomic E-state index is 0.0228. The molecule has 2 fully saturated rings. The molecule has 2 aliphatic rings. The third-order valence-corrected chi connectivity index (χ3v) is 4.84. The van der Waals surface area contributed by atoms with E-state index in [1.165, 1.54) is 25.7 Å². The van der Waals surface area contributed by atoms with E-state index in [4.69, 9.17) is 0 Å². The lowest BCUT2D eigenvalue weighted by Gasteiger charge is -2.28. The van der Waals surface area contributed by atoms with Gasteiger partial charge in [0.25, 0.3) is 5.56 Å². The fourth-order valence-corrected chi connectivity index (χ4v) is 3.24. The minimum atomic E-state index is -0.0228. The number of aromatic nitrogens is 2. The lowest BCUT2D eigenvalue weighted by atomic mass is 10.1. The molecule has 0 spiro atoms. The van der Waals surface area contributed by atoms with Gasteiger partial charge in [0.15, 0.2) is 0 Å². The molecule has 2 saturated carbocycles. The lowest BCUT2D eigenvalue weighted by Crippen LogP contribution is -2.37. The monoisotopic (exact) mass is 283 g/mol. The lowest BCUT2D eigenvalue weighted by molar-refractivity contribution is 0.166. The van der Waals surface area contributed by atoms with Gasteiger partial charge in [0.05, 0.1) is 17.4 Å². The maximum atomic E-state index is 12.2. The topological polar surface area (TPSA) is 49.0 Å². The van der Waals surface area contributed by atoms with Crippen LogP contribution in [0.4, 0.5) is 0 Å². The van der Waals surface area contributed by atoms with Crippen molar-refractivity contribution in [3.05, 3.63) is 40.4 Å². The van der Waals surface area contributed by atoms with E-state index < -0.39 is 0 Å². The summed E-state index contributed by atoms with van der Waals surface area (Å²) in [6, 6.07) is 8.86. The predicted octanol–water partition coefficient (Wildman–Crippen LogP) is 2.69. The third kappa shape index (κ3) is 2.60. The molecule has 0 aliphatic heterocycles. The van der Waals surface area contributed by atoms with Crippen LogP contribution in [0.5, 0.6) is 0 Å². The summed E-state index contributed by atoms with van der Waals surface area (Å²) >= 11 is 0. The van der Waals surface area contributed by atoms with Gasteiger partial charge in [0.1, 0.15) is 5.82 Å². The van der Waals surface area contributed by atoms with Crippen LogP contribution in [-0.2, 0) is 6.54 Å². The number of benzene rings is 1. The molecular weight excluding hydrogens is 262 g/mol. The summed E-state index contributed by atoms with van der Waals surface area (Å²) in [6.45, 7) is 3.09. The molecule has 0 radical (unpaired) electrons. The van der Waals surface area contributed by atoms with Crippen molar-refractivity contribution in [2.75, 3.05) is 0 Å². The van der Waals surface area contributed by atoms with Gasteiger partial charge in [0, 0.05) is 12.1 Å². The first kappa shape index (κ1) is 13.0. The number of hydrogen-bond donors (Lipinski definition) is 1. The van der Waals surface area contributed by atoms with Gasteiger partial charge in [-0.1, -0.05) is 12.1 Å². The minimum Gasteiger partial charge on any atom is -0.309 e. The summed E-state index contributed by atoms with van der Waals surface area (Å²) < 4.78 is 0. The van der Waals surface area contributed by atoms with E-state index in [2.05, 4.69) is 21.8 Å². The summed E-state index contributed by atoms with van der Waals surface area (Å²) in [7, 11) is 0. The predicted molar refractivity (Wildman–Crippen MR) is 83.1 cm³/mol. The maximum Gasteiger partial charge on any atom is 0.258 e. The Kier molecular flexibility index (Phi) is 3.07. The summed E-state index contributed by atoms with van der Waals surface area (Å²) in [5, 5.41) is 0.675. The van der Waals surface area contributed by atoms with Crippen LogP contribution >= 0.6 is 0 Å². The molecule has 1 heterocycles. The second kappa shape index (κ2) is 4.95. The Morgan fingerprint density at radius 1 is 1.29 bits per heavy atom. The van der Waals surface area contributed by atoms with E-state index in [-0.39, 0.29) is 5.56 Å². The quantitative estimate of drug-likeness (QED) is 0.918. The largest absolute Gasteiger partial charge is 0.309 e. The molecule has 1 N–H and O–H groups in total. The van der Waals surface area contributed by atoms with Gasteiger partial charge in [-0.15, -0.1) is 0 Å². The fraction of sp³-hybridized carbons (Fsp3) is 0.529. The molecule has 110 valence electrons. The molecule has 2 aromatic rings.